The highest BCUT2D eigenvalue weighted by molar-refractivity contribution is 7.99. The maximum Gasteiger partial charge on any atom is 0.234 e. The average Bonchev–Trinajstić information content (AvgIpc) is 3.10. The van der Waals surface area contributed by atoms with Crippen LogP contribution in [0.25, 0.3) is 0 Å². The third-order valence-corrected chi connectivity index (χ3v) is 6.07. The number of benzene rings is 2. The molecule has 0 unspecified atom stereocenters. The third-order valence-electron chi connectivity index (χ3n) is 4.87. The van der Waals surface area contributed by atoms with Crippen LogP contribution in [0.15, 0.2) is 48.1 Å². The lowest BCUT2D eigenvalue weighted by atomic mass is 10.1. The van der Waals surface area contributed by atoms with E-state index in [9.17, 15) is 4.79 Å². The molecule has 1 heterocycles. The van der Waals surface area contributed by atoms with Crippen LogP contribution in [0.2, 0.25) is 5.02 Å². The van der Waals surface area contributed by atoms with E-state index in [1.54, 1.807) is 12.1 Å². The zero-order valence-corrected chi connectivity index (χ0v) is 20.3. The molecule has 1 amide bonds. The van der Waals surface area contributed by atoms with Crippen LogP contribution in [0, 0.1) is 27.7 Å². The SMILES string of the molecule is C=CCn1c(COc2ccc(Cl)cc2C)nnc1SCC(=O)Nc1c(C)cc(C)cc1C. The van der Waals surface area contributed by atoms with Crippen LogP contribution >= 0.6 is 23.4 Å². The monoisotopic (exact) mass is 470 g/mol. The molecule has 0 aliphatic carbocycles. The summed E-state index contributed by atoms with van der Waals surface area (Å²) in [5, 5.41) is 12.8. The van der Waals surface area contributed by atoms with Gasteiger partial charge in [0.05, 0.1) is 5.75 Å². The fraction of sp³-hybridized carbons (Fsp3) is 0.292. The number of rotatable bonds is 9. The van der Waals surface area contributed by atoms with Crippen LogP contribution in [0.5, 0.6) is 5.75 Å². The number of nitrogens with zero attached hydrogens (tertiary/aromatic N) is 3. The quantitative estimate of drug-likeness (QED) is 0.322. The van der Waals surface area contributed by atoms with Gasteiger partial charge in [0.15, 0.2) is 11.0 Å². The summed E-state index contributed by atoms with van der Waals surface area (Å²) in [5.41, 5.74) is 5.08. The predicted molar refractivity (Wildman–Crippen MR) is 131 cm³/mol. The van der Waals surface area contributed by atoms with Gasteiger partial charge in [0, 0.05) is 17.3 Å². The minimum absolute atomic E-state index is 0.0900. The number of carbonyl (C=O) groups excluding carboxylic acids is 1. The summed E-state index contributed by atoms with van der Waals surface area (Å²) in [6.45, 7) is 12.6. The Balaban J connectivity index is 1.66. The molecule has 0 atom stereocenters. The van der Waals surface area contributed by atoms with E-state index >= 15 is 0 Å². The lowest BCUT2D eigenvalue weighted by Crippen LogP contribution is -2.16. The Morgan fingerprint density at radius 3 is 2.53 bits per heavy atom. The van der Waals surface area contributed by atoms with Gasteiger partial charge in [-0.05, 0) is 62.6 Å². The molecule has 1 N–H and O–H groups in total. The van der Waals surface area contributed by atoms with E-state index < -0.39 is 0 Å². The van der Waals surface area contributed by atoms with E-state index in [0.29, 0.717) is 22.5 Å². The number of carbonyl (C=O) groups is 1. The summed E-state index contributed by atoms with van der Waals surface area (Å²) in [6, 6.07) is 9.59. The normalized spacial score (nSPS) is 10.8. The average molecular weight is 471 g/mol. The van der Waals surface area contributed by atoms with Gasteiger partial charge in [-0.1, -0.05) is 47.1 Å². The lowest BCUT2D eigenvalue weighted by Gasteiger charge is -2.13. The Morgan fingerprint density at radius 2 is 1.88 bits per heavy atom. The summed E-state index contributed by atoms with van der Waals surface area (Å²) in [7, 11) is 0. The molecule has 0 aliphatic rings. The molecule has 0 bridgehead atoms. The molecule has 2 aromatic carbocycles. The second kappa shape index (κ2) is 10.7. The number of aromatic nitrogens is 3. The van der Waals surface area contributed by atoms with E-state index in [1.165, 1.54) is 17.3 Å². The van der Waals surface area contributed by atoms with Gasteiger partial charge in [-0.25, -0.2) is 0 Å². The number of halogens is 1. The Hall–Kier alpha value is -2.77. The van der Waals surface area contributed by atoms with Gasteiger partial charge >= 0.3 is 0 Å². The fourth-order valence-electron chi connectivity index (χ4n) is 3.44. The zero-order chi connectivity index (χ0) is 23.3. The van der Waals surface area contributed by atoms with E-state index in [4.69, 9.17) is 16.3 Å². The molecule has 0 saturated heterocycles. The molecule has 0 saturated carbocycles. The molecular formula is C24H27ClN4O2S. The summed E-state index contributed by atoms with van der Waals surface area (Å²) < 4.78 is 7.82. The number of hydrogen-bond donors (Lipinski definition) is 1. The molecular weight excluding hydrogens is 444 g/mol. The molecule has 3 rings (SSSR count). The molecule has 0 aliphatic heterocycles. The highest BCUT2D eigenvalue weighted by Gasteiger charge is 2.15. The van der Waals surface area contributed by atoms with Gasteiger partial charge in [0.1, 0.15) is 12.4 Å². The van der Waals surface area contributed by atoms with Gasteiger partial charge in [0.25, 0.3) is 0 Å². The number of nitrogens with one attached hydrogen (secondary N) is 1. The van der Waals surface area contributed by atoms with Crippen molar-refractivity contribution in [2.75, 3.05) is 11.1 Å². The molecule has 6 nitrogen and oxygen atoms in total. The van der Waals surface area contributed by atoms with E-state index in [1.807, 2.05) is 44.4 Å². The van der Waals surface area contributed by atoms with Crippen molar-refractivity contribution in [2.45, 2.75) is 46.0 Å². The summed E-state index contributed by atoms with van der Waals surface area (Å²) in [4.78, 5) is 12.6. The van der Waals surface area contributed by atoms with Crippen molar-refractivity contribution in [2.24, 2.45) is 0 Å². The first-order valence-corrected chi connectivity index (χ1v) is 11.6. The topological polar surface area (TPSA) is 69.0 Å². The molecule has 32 heavy (non-hydrogen) atoms. The standard InChI is InChI=1S/C24H27ClN4O2S/c1-6-9-29-21(13-31-20-8-7-19(25)12-16(20)3)27-28-24(29)32-14-22(30)26-23-17(4)10-15(2)11-18(23)5/h6-8,10-12H,1,9,13-14H2,2-5H3,(H,26,30). The van der Waals surface area contributed by atoms with Crippen LogP contribution in [-0.2, 0) is 17.9 Å². The molecule has 168 valence electrons. The summed E-state index contributed by atoms with van der Waals surface area (Å²) in [6.07, 6.45) is 1.77. The third kappa shape index (κ3) is 5.93. The minimum atomic E-state index is -0.0900. The van der Waals surface area contributed by atoms with Crippen LogP contribution in [-0.4, -0.2) is 26.4 Å². The van der Waals surface area contributed by atoms with Crippen LogP contribution in [0.3, 0.4) is 0 Å². The van der Waals surface area contributed by atoms with Crippen molar-refractivity contribution in [3.05, 3.63) is 76.1 Å². The number of ether oxygens (including phenoxy) is 1. The first-order chi connectivity index (χ1) is 15.3. The van der Waals surface area contributed by atoms with Gasteiger partial charge in [-0.3, -0.25) is 9.36 Å². The van der Waals surface area contributed by atoms with Gasteiger partial charge in [0.2, 0.25) is 5.91 Å². The number of aryl methyl sites for hydroxylation is 4. The van der Waals surface area contributed by atoms with Crippen molar-refractivity contribution in [1.82, 2.24) is 14.8 Å². The second-order valence-electron chi connectivity index (χ2n) is 7.61. The Morgan fingerprint density at radius 1 is 1.16 bits per heavy atom. The fourth-order valence-corrected chi connectivity index (χ4v) is 4.44. The number of thioether (sulfide) groups is 1. The number of allylic oxidation sites excluding steroid dienone is 1. The molecule has 0 spiro atoms. The Kier molecular flexibility index (Phi) is 7.99. The smallest absolute Gasteiger partial charge is 0.234 e. The predicted octanol–water partition coefficient (Wildman–Crippen LogP) is 5.66. The van der Waals surface area contributed by atoms with Crippen LogP contribution in [0.1, 0.15) is 28.1 Å². The Labute approximate surface area is 198 Å². The van der Waals surface area contributed by atoms with Crippen LogP contribution < -0.4 is 10.1 Å². The number of hydrogen-bond acceptors (Lipinski definition) is 5. The van der Waals surface area contributed by atoms with Gasteiger partial charge in [-0.15, -0.1) is 16.8 Å². The van der Waals surface area contributed by atoms with E-state index in [2.05, 4.69) is 34.2 Å². The van der Waals surface area contributed by atoms with Gasteiger partial charge in [-0.2, -0.15) is 0 Å². The number of anilines is 1. The lowest BCUT2D eigenvalue weighted by molar-refractivity contribution is -0.113. The van der Waals surface area contributed by atoms with Crippen molar-refractivity contribution < 1.29 is 9.53 Å². The Bertz CT molecular complexity index is 1120. The number of amides is 1. The molecule has 1 aromatic heterocycles. The van der Waals surface area contributed by atoms with E-state index in [-0.39, 0.29) is 18.3 Å². The van der Waals surface area contributed by atoms with Crippen LogP contribution in [0.4, 0.5) is 5.69 Å². The summed E-state index contributed by atoms with van der Waals surface area (Å²) >= 11 is 7.34. The highest BCUT2D eigenvalue weighted by Crippen LogP contribution is 2.25. The van der Waals surface area contributed by atoms with E-state index in [0.717, 1.165) is 28.1 Å². The van der Waals surface area contributed by atoms with Crippen molar-refractivity contribution >= 4 is 35.0 Å². The molecule has 3 aromatic rings. The van der Waals surface area contributed by atoms with Crippen molar-refractivity contribution in [3.8, 4) is 5.75 Å². The van der Waals surface area contributed by atoms with Crippen molar-refractivity contribution in [1.29, 1.82) is 0 Å². The first-order valence-electron chi connectivity index (χ1n) is 10.2. The maximum absolute atomic E-state index is 12.6. The molecule has 0 fully saturated rings. The summed E-state index contributed by atoms with van der Waals surface area (Å²) in [5.74, 6) is 1.53. The van der Waals surface area contributed by atoms with Gasteiger partial charge < -0.3 is 10.1 Å². The van der Waals surface area contributed by atoms with Crippen molar-refractivity contribution in [3.63, 3.8) is 0 Å². The first kappa shape index (κ1) is 23.9. The largest absolute Gasteiger partial charge is 0.485 e. The second-order valence-corrected chi connectivity index (χ2v) is 8.99. The highest BCUT2D eigenvalue weighted by atomic mass is 35.5. The minimum Gasteiger partial charge on any atom is -0.485 e. The molecule has 0 radical (unpaired) electrons. The maximum atomic E-state index is 12.6. The molecule has 8 heteroatoms. The zero-order valence-electron chi connectivity index (χ0n) is 18.7.